The fraction of sp³-hybridized carbons (Fsp3) is 0.533. The number of hydrogen-bond donors (Lipinski definition) is 0. The molecule has 0 aromatic carbocycles. The molecule has 0 radical (unpaired) electrons. The molecule has 2 atom stereocenters. The number of anilines is 1. The summed E-state index contributed by atoms with van der Waals surface area (Å²) in [6.07, 6.45) is 6.02. The molecule has 1 aliphatic heterocycles. The number of pyridine rings is 1. The van der Waals surface area contributed by atoms with Gasteiger partial charge < -0.3 is 14.0 Å². The summed E-state index contributed by atoms with van der Waals surface area (Å²) >= 11 is 6.20. The molecule has 2 aliphatic rings. The standard InChI is InChI=1S/C15H18ClN3O/c16-10-12-15(17-14-6-1-2-7-18(12)14)19-8-9-20-13-5-3-4-11(13)19/h1-2,6-7,11,13H,3-5,8-10H2. The van der Waals surface area contributed by atoms with Gasteiger partial charge in [0.05, 0.1) is 30.3 Å². The normalized spacial score (nSPS) is 26.1. The van der Waals surface area contributed by atoms with Crippen LogP contribution >= 0.6 is 11.6 Å². The lowest BCUT2D eigenvalue weighted by Gasteiger charge is -2.38. The molecule has 0 N–H and O–H groups in total. The van der Waals surface area contributed by atoms with Crippen molar-refractivity contribution >= 4 is 23.1 Å². The molecule has 0 amide bonds. The second-order valence-electron chi connectivity index (χ2n) is 5.55. The van der Waals surface area contributed by atoms with Gasteiger partial charge in [-0.25, -0.2) is 4.98 Å². The van der Waals surface area contributed by atoms with Gasteiger partial charge in [-0.3, -0.25) is 0 Å². The van der Waals surface area contributed by atoms with Crippen molar-refractivity contribution in [3.8, 4) is 0 Å². The van der Waals surface area contributed by atoms with Crippen molar-refractivity contribution in [2.45, 2.75) is 37.3 Å². The van der Waals surface area contributed by atoms with Gasteiger partial charge in [0.2, 0.25) is 0 Å². The summed E-state index contributed by atoms with van der Waals surface area (Å²) in [5.74, 6) is 1.53. The first kappa shape index (κ1) is 12.5. The van der Waals surface area contributed by atoms with E-state index in [9.17, 15) is 0 Å². The molecule has 4 rings (SSSR count). The predicted octanol–water partition coefficient (Wildman–Crippen LogP) is 2.83. The van der Waals surface area contributed by atoms with Crippen LogP contribution in [-0.4, -0.2) is 34.7 Å². The van der Waals surface area contributed by atoms with Gasteiger partial charge in [0.15, 0.2) is 5.82 Å². The molecule has 1 aliphatic carbocycles. The van der Waals surface area contributed by atoms with Gasteiger partial charge >= 0.3 is 0 Å². The van der Waals surface area contributed by atoms with E-state index < -0.39 is 0 Å². The van der Waals surface area contributed by atoms with Crippen molar-refractivity contribution in [1.29, 1.82) is 0 Å². The number of morpholine rings is 1. The summed E-state index contributed by atoms with van der Waals surface area (Å²) in [6, 6.07) is 6.54. The maximum atomic E-state index is 6.20. The fourth-order valence-corrected chi connectivity index (χ4v) is 3.83. The molecule has 2 aromatic heterocycles. The Bertz CT molecular complexity index is 627. The first-order valence-electron chi connectivity index (χ1n) is 7.28. The third-order valence-electron chi connectivity index (χ3n) is 4.49. The summed E-state index contributed by atoms with van der Waals surface area (Å²) in [7, 11) is 0. The number of fused-ring (bicyclic) bond motifs is 2. The van der Waals surface area contributed by atoms with Crippen LogP contribution in [0.25, 0.3) is 5.65 Å². The van der Waals surface area contributed by atoms with Crippen LogP contribution in [0.4, 0.5) is 5.82 Å². The van der Waals surface area contributed by atoms with Crippen molar-refractivity contribution < 1.29 is 4.74 Å². The third-order valence-corrected chi connectivity index (χ3v) is 4.74. The Balaban J connectivity index is 1.80. The molecule has 5 heteroatoms. The molecule has 2 aromatic rings. The SMILES string of the molecule is ClCc1c(N2CCOC3CCCC32)nc2ccccn12. The van der Waals surface area contributed by atoms with Gasteiger partial charge in [-0.2, -0.15) is 0 Å². The minimum atomic E-state index is 0.372. The lowest BCUT2D eigenvalue weighted by Crippen LogP contribution is -2.49. The summed E-state index contributed by atoms with van der Waals surface area (Å²) in [6.45, 7) is 1.70. The van der Waals surface area contributed by atoms with E-state index in [0.717, 1.165) is 30.3 Å². The minimum Gasteiger partial charge on any atom is -0.374 e. The van der Waals surface area contributed by atoms with Crippen LogP contribution in [0, 0.1) is 0 Å². The molecule has 1 saturated heterocycles. The quantitative estimate of drug-likeness (QED) is 0.797. The Morgan fingerprint density at radius 2 is 2.30 bits per heavy atom. The molecular weight excluding hydrogens is 274 g/mol. The molecular formula is C15H18ClN3O. The van der Waals surface area contributed by atoms with Gasteiger partial charge in [0.25, 0.3) is 0 Å². The Kier molecular flexibility index (Phi) is 3.08. The van der Waals surface area contributed by atoms with Gasteiger partial charge in [-0.15, -0.1) is 11.6 Å². The Morgan fingerprint density at radius 1 is 1.35 bits per heavy atom. The van der Waals surface area contributed by atoms with Crippen LogP contribution in [-0.2, 0) is 10.6 Å². The van der Waals surface area contributed by atoms with E-state index >= 15 is 0 Å². The summed E-state index contributed by atoms with van der Waals surface area (Å²) < 4.78 is 7.99. The van der Waals surface area contributed by atoms with Crippen molar-refractivity contribution in [2.75, 3.05) is 18.1 Å². The van der Waals surface area contributed by atoms with Gasteiger partial charge in [0, 0.05) is 12.7 Å². The summed E-state index contributed by atoms with van der Waals surface area (Å²) in [4.78, 5) is 7.24. The van der Waals surface area contributed by atoms with Gasteiger partial charge in [-0.1, -0.05) is 6.07 Å². The lowest BCUT2D eigenvalue weighted by molar-refractivity contribution is 0.0253. The monoisotopic (exact) mass is 291 g/mol. The maximum Gasteiger partial charge on any atom is 0.152 e. The van der Waals surface area contributed by atoms with Crippen molar-refractivity contribution in [2.24, 2.45) is 0 Å². The zero-order valence-electron chi connectivity index (χ0n) is 11.3. The van der Waals surface area contributed by atoms with E-state index in [0.29, 0.717) is 18.0 Å². The smallest absolute Gasteiger partial charge is 0.152 e. The average molecular weight is 292 g/mol. The molecule has 2 fully saturated rings. The number of rotatable bonds is 2. The van der Waals surface area contributed by atoms with Crippen LogP contribution in [0.3, 0.4) is 0 Å². The first-order chi connectivity index (χ1) is 9.88. The number of hydrogen-bond acceptors (Lipinski definition) is 3. The largest absolute Gasteiger partial charge is 0.374 e. The maximum absolute atomic E-state index is 6.20. The van der Waals surface area contributed by atoms with E-state index in [2.05, 4.69) is 9.30 Å². The molecule has 0 spiro atoms. The predicted molar refractivity (Wildman–Crippen MR) is 79.5 cm³/mol. The number of alkyl halides is 1. The van der Waals surface area contributed by atoms with Crippen LogP contribution in [0.15, 0.2) is 24.4 Å². The summed E-state index contributed by atoms with van der Waals surface area (Å²) in [5.41, 5.74) is 2.06. The molecule has 1 saturated carbocycles. The number of halogens is 1. The van der Waals surface area contributed by atoms with E-state index in [1.165, 1.54) is 19.3 Å². The molecule has 106 valence electrons. The average Bonchev–Trinajstić information content (AvgIpc) is 3.10. The molecule has 0 bridgehead atoms. The second kappa shape index (κ2) is 4.93. The van der Waals surface area contributed by atoms with Crippen LogP contribution < -0.4 is 4.90 Å². The van der Waals surface area contributed by atoms with Crippen molar-refractivity contribution in [3.63, 3.8) is 0 Å². The zero-order chi connectivity index (χ0) is 13.5. The van der Waals surface area contributed by atoms with E-state index in [-0.39, 0.29) is 0 Å². The highest BCUT2D eigenvalue weighted by Crippen LogP contribution is 2.34. The second-order valence-corrected chi connectivity index (χ2v) is 5.81. The topological polar surface area (TPSA) is 29.8 Å². The van der Waals surface area contributed by atoms with Gasteiger partial charge in [-0.05, 0) is 31.4 Å². The van der Waals surface area contributed by atoms with Crippen molar-refractivity contribution in [1.82, 2.24) is 9.38 Å². The van der Waals surface area contributed by atoms with Crippen molar-refractivity contribution in [3.05, 3.63) is 30.1 Å². The number of nitrogens with zero attached hydrogens (tertiary/aromatic N) is 3. The Morgan fingerprint density at radius 3 is 3.20 bits per heavy atom. The molecule has 20 heavy (non-hydrogen) atoms. The Labute approximate surface area is 123 Å². The van der Waals surface area contributed by atoms with E-state index in [4.69, 9.17) is 21.3 Å². The minimum absolute atomic E-state index is 0.372. The molecule has 2 unspecified atom stereocenters. The lowest BCUT2D eigenvalue weighted by atomic mass is 10.1. The highest BCUT2D eigenvalue weighted by Gasteiger charge is 2.38. The van der Waals surface area contributed by atoms with E-state index in [1.54, 1.807) is 0 Å². The number of ether oxygens (including phenoxy) is 1. The van der Waals surface area contributed by atoms with Crippen LogP contribution in [0.1, 0.15) is 25.0 Å². The fourth-order valence-electron chi connectivity index (χ4n) is 3.58. The van der Waals surface area contributed by atoms with E-state index in [1.807, 2.05) is 24.4 Å². The highest BCUT2D eigenvalue weighted by molar-refractivity contribution is 6.17. The number of aromatic nitrogens is 2. The van der Waals surface area contributed by atoms with Crippen LogP contribution in [0.2, 0.25) is 0 Å². The highest BCUT2D eigenvalue weighted by atomic mass is 35.5. The molecule has 4 nitrogen and oxygen atoms in total. The van der Waals surface area contributed by atoms with Gasteiger partial charge in [0.1, 0.15) is 5.65 Å². The van der Waals surface area contributed by atoms with Crippen LogP contribution in [0.5, 0.6) is 0 Å². The first-order valence-corrected chi connectivity index (χ1v) is 7.82. The summed E-state index contributed by atoms with van der Waals surface area (Å²) in [5, 5.41) is 0. The molecule has 3 heterocycles. The number of imidazole rings is 1. The zero-order valence-corrected chi connectivity index (χ0v) is 12.1. The Hall–Kier alpha value is -1.26. The third kappa shape index (κ3) is 1.82.